The van der Waals surface area contributed by atoms with Crippen LogP contribution in [-0.4, -0.2) is 24.7 Å². The zero-order valence-corrected chi connectivity index (χ0v) is 16.5. The van der Waals surface area contributed by atoms with Gasteiger partial charge in [-0.15, -0.1) is 11.3 Å². The number of methoxy groups -OCH3 is 1. The van der Waals surface area contributed by atoms with Crippen LogP contribution < -0.4 is 9.47 Å². The molecule has 0 unspecified atom stereocenters. The highest BCUT2D eigenvalue weighted by atomic mass is 32.1. The number of carbonyl (C=O) groups is 1. The van der Waals surface area contributed by atoms with Gasteiger partial charge in [0.2, 0.25) is 0 Å². The molecule has 0 aliphatic carbocycles. The minimum absolute atomic E-state index is 0.00168. The predicted octanol–water partition coefficient (Wildman–Crippen LogP) is 4.48. The Hall–Kier alpha value is -3.63. The first kappa shape index (κ1) is 20.1. The van der Waals surface area contributed by atoms with E-state index in [0.29, 0.717) is 11.4 Å². The lowest BCUT2D eigenvalue weighted by molar-refractivity contribution is -0.139. The maximum atomic E-state index is 11.9. The fraction of sp³-hybridized carbons (Fsp3) is 0.136. The van der Waals surface area contributed by atoms with Crippen molar-refractivity contribution in [2.24, 2.45) is 0 Å². The second kappa shape index (κ2) is 10.1. The van der Waals surface area contributed by atoms with E-state index >= 15 is 0 Å². The number of thiazole rings is 1. The monoisotopic (exact) mass is 406 g/mol. The zero-order valence-electron chi connectivity index (χ0n) is 15.7. The Morgan fingerprint density at radius 3 is 2.55 bits per heavy atom. The number of ether oxygens (including phenoxy) is 3. The van der Waals surface area contributed by atoms with E-state index in [1.54, 1.807) is 37.5 Å². The molecule has 2 aromatic carbocycles. The topological polar surface area (TPSA) is 81.4 Å². The van der Waals surface area contributed by atoms with Crippen LogP contribution in [0.1, 0.15) is 11.3 Å². The van der Waals surface area contributed by atoms with Gasteiger partial charge >= 0.3 is 5.97 Å². The second-order valence-corrected chi connectivity index (χ2v) is 6.69. The molecule has 0 saturated heterocycles. The van der Waals surface area contributed by atoms with Gasteiger partial charge in [0.15, 0.2) is 6.61 Å². The van der Waals surface area contributed by atoms with Crippen molar-refractivity contribution in [3.63, 3.8) is 0 Å². The van der Waals surface area contributed by atoms with Gasteiger partial charge in [-0.3, -0.25) is 0 Å². The summed E-state index contributed by atoms with van der Waals surface area (Å²) in [5.41, 5.74) is 2.50. The molecule has 7 heteroatoms. The maximum Gasteiger partial charge on any atom is 0.331 e. The summed E-state index contributed by atoms with van der Waals surface area (Å²) in [6.45, 7) is 0.106. The van der Waals surface area contributed by atoms with Crippen molar-refractivity contribution in [3.8, 4) is 28.1 Å². The molecule has 0 fully saturated rings. The summed E-state index contributed by atoms with van der Waals surface area (Å²) < 4.78 is 15.6. The molecule has 0 bridgehead atoms. The van der Waals surface area contributed by atoms with Gasteiger partial charge in [-0.05, 0) is 48.0 Å². The number of nitrogens with zero attached hydrogens (tertiary/aromatic N) is 2. The summed E-state index contributed by atoms with van der Waals surface area (Å²) in [4.78, 5) is 16.4. The average Bonchev–Trinajstić information content (AvgIpc) is 3.24. The number of rotatable bonds is 8. The number of hydrogen-bond donors (Lipinski definition) is 0. The largest absolute Gasteiger partial charge is 0.497 e. The fourth-order valence-electron chi connectivity index (χ4n) is 2.39. The second-order valence-electron chi connectivity index (χ2n) is 5.83. The summed E-state index contributed by atoms with van der Waals surface area (Å²) in [6.07, 6.45) is 3.02. The zero-order chi connectivity index (χ0) is 20.5. The van der Waals surface area contributed by atoms with Crippen molar-refractivity contribution in [2.75, 3.05) is 13.7 Å². The standard InChI is InChI=1S/C22H18N2O4S/c1-26-19-9-5-17(6-10-19)22-24-18(15-29-22)14-28-21(25)11-4-16-2-7-20(8-3-16)27-13-12-23/h2-11,15H,13-14H2,1H3/b11-4+. The Morgan fingerprint density at radius 1 is 1.14 bits per heavy atom. The van der Waals surface area contributed by atoms with Crippen LogP contribution >= 0.6 is 11.3 Å². The lowest BCUT2D eigenvalue weighted by atomic mass is 10.2. The molecule has 6 nitrogen and oxygen atoms in total. The minimum atomic E-state index is -0.450. The number of esters is 1. The van der Waals surface area contributed by atoms with E-state index in [0.717, 1.165) is 21.9 Å². The van der Waals surface area contributed by atoms with Gasteiger partial charge in [0.05, 0.1) is 12.8 Å². The molecule has 3 aromatic rings. The van der Waals surface area contributed by atoms with Gasteiger partial charge in [0.25, 0.3) is 0 Å². The highest BCUT2D eigenvalue weighted by Crippen LogP contribution is 2.26. The van der Waals surface area contributed by atoms with Gasteiger partial charge in [-0.1, -0.05) is 12.1 Å². The van der Waals surface area contributed by atoms with E-state index in [9.17, 15) is 4.79 Å². The van der Waals surface area contributed by atoms with Crippen molar-refractivity contribution in [2.45, 2.75) is 6.61 Å². The van der Waals surface area contributed by atoms with Gasteiger partial charge in [-0.25, -0.2) is 9.78 Å². The third kappa shape index (κ3) is 5.92. The molecule has 0 atom stereocenters. The molecule has 146 valence electrons. The van der Waals surface area contributed by atoms with Gasteiger partial charge in [0, 0.05) is 17.0 Å². The third-order valence-electron chi connectivity index (χ3n) is 3.85. The first-order chi connectivity index (χ1) is 14.2. The van der Waals surface area contributed by atoms with E-state index in [-0.39, 0.29) is 13.2 Å². The van der Waals surface area contributed by atoms with E-state index < -0.39 is 5.97 Å². The molecule has 29 heavy (non-hydrogen) atoms. The van der Waals surface area contributed by atoms with Crippen LogP contribution in [0.3, 0.4) is 0 Å². The SMILES string of the molecule is COc1ccc(-c2nc(COC(=O)/C=C/c3ccc(OCC#N)cc3)cs2)cc1. The molecule has 0 amide bonds. The summed E-state index contributed by atoms with van der Waals surface area (Å²) in [6, 6.07) is 16.6. The molecule has 0 spiro atoms. The van der Waals surface area contributed by atoms with Gasteiger partial charge in [0.1, 0.15) is 29.2 Å². The van der Waals surface area contributed by atoms with Crippen LogP contribution in [0, 0.1) is 11.3 Å². The predicted molar refractivity (Wildman–Crippen MR) is 110 cm³/mol. The average molecular weight is 406 g/mol. The van der Waals surface area contributed by atoms with Crippen molar-refractivity contribution < 1.29 is 19.0 Å². The summed E-state index contributed by atoms with van der Waals surface area (Å²) >= 11 is 1.49. The third-order valence-corrected chi connectivity index (χ3v) is 4.79. The Bertz CT molecular complexity index is 1020. The van der Waals surface area contributed by atoms with Gasteiger partial charge in [-0.2, -0.15) is 5.26 Å². The lowest BCUT2D eigenvalue weighted by Crippen LogP contribution is -2.01. The lowest BCUT2D eigenvalue weighted by Gasteiger charge is -2.01. The van der Waals surface area contributed by atoms with Crippen LogP contribution in [0.5, 0.6) is 11.5 Å². The number of nitriles is 1. The number of benzene rings is 2. The smallest absolute Gasteiger partial charge is 0.331 e. The quantitative estimate of drug-likeness (QED) is 0.405. The van der Waals surface area contributed by atoms with Crippen LogP contribution in [0.15, 0.2) is 60.0 Å². The number of aromatic nitrogens is 1. The number of hydrogen-bond acceptors (Lipinski definition) is 7. The summed E-state index contributed by atoms with van der Waals surface area (Å²) in [7, 11) is 1.62. The summed E-state index contributed by atoms with van der Waals surface area (Å²) in [5.74, 6) is 0.937. The van der Waals surface area contributed by atoms with E-state index in [1.165, 1.54) is 17.4 Å². The van der Waals surface area contributed by atoms with E-state index in [2.05, 4.69) is 4.98 Å². The normalized spacial score (nSPS) is 10.5. The Balaban J connectivity index is 1.51. The molecular weight excluding hydrogens is 388 g/mol. The molecule has 1 heterocycles. The molecule has 0 N–H and O–H groups in total. The molecule has 0 aliphatic rings. The van der Waals surface area contributed by atoms with Crippen molar-refractivity contribution in [1.82, 2.24) is 4.98 Å². The number of carbonyl (C=O) groups excluding carboxylic acids is 1. The minimum Gasteiger partial charge on any atom is -0.497 e. The Morgan fingerprint density at radius 2 is 1.86 bits per heavy atom. The fourth-order valence-corrected chi connectivity index (χ4v) is 3.20. The molecular formula is C22H18N2O4S. The molecule has 1 aromatic heterocycles. The van der Waals surface area contributed by atoms with Crippen LogP contribution in [0.2, 0.25) is 0 Å². The first-order valence-electron chi connectivity index (χ1n) is 8.71. The summed E-state index contributed by atoms with van der Waals surface area (Å²) in [5, 5.41) is 11.2. The highest BCUT2D eigenvalue weighted by Gasteiger charge is 2.07. The molecule has 0 aliphatic heterocycles. The molecule has 0 saturated carbocycles. The van der Waals surface area contributed by atoms with E-state index in [1.807, 2.05) is 35.7 Å². The van der Waals surface area contributed by atoms with Crippen molar-refractivity contribution in [3.05, 3.63) is 71.2 Å². The molecule has 0 radical (unpaired) electrons. The van der Waals surface area contributed by atoms with Crippen LogP contribution in [-0.2, 0) is 16.1 Å². The van der Waals surface area contributed by atoms with Crippen molar-refractivity contribution in [1.29, 1.82) is 5.26 Å². The Labute approximate surface area is 172 Å². The molecule has 3 rings (SSSR count). The maximum absolute atomic E-state index is 11.9. The first-order valence-corrected chi connectivity index (χ1v) is 9.59. The van der Waals surface area contributed by atoms with Crippen LogP contribution in [0.25, 0.3) is 16.6 Å². The van der Waals surface area contributed by atoms with Gasteiger partial charge < -0.3 is 14.2 Å². The van der Waals surface area contributed by atoms with Crippen molar-refractivity contribution >= 4 is 23.4 Å². The van der Waals surface area contributed by atoms with E-state index in [4.69, 9.17) is 19.5 Å². The van der Waals surface area contributed by atoms with Crippen LogP contribution in [0.4, 0.5) is 0 Å². The highest BCUT2D eigenvalue weighted by molar-refractivity contribution is 7.13. The Kier molecular flexibility index (Phi) is 6.98.